The zero-order valence-corrected chi connectivity index (χ0v) is 10.8. The van der Waals surface area contributed by atoms with Crippen LogP contribution in [0.3, 0.4) is 0 Å². The lowest BCUT2D eigenvalue weighted by atomic mass is 10.1. The van der Waals surface area contributed by atoms with Crippen LogP contribution < -0.4 is 10.5 Å². The van der Waals surface area contributed by atoms with Crippen LogP contribution in [0.25, 0.3) is 0 Å². The van der Waals surface area contributed by atoms with Crippen LogP contribution in [0.1, 0.15) is 18.1 Å². The first-order chi connectivity index (χ1) is 8.27. The second-order valence-corrected chi connectivity index (χ2v) is 5.55. The molecule has 0 radical (unpaired) electrons. The highest BCUT2D eigenvalue weighted by Crippen LogP contribution is 2.15. The fraction of sp³-hybridized carbons (Fsp3) is 0.273. The molecule has 1 atom stereocenters. The number of hydrogen-bond donors (Lipinski definition) is 2. The zero-order valence-electron chi connectivity index (χ0n) is 9.97. The fourth-order valence-electron chi connectivity index (χ4n) is 1.29. The van der Waals surface area contributed by atoms with Gasteiger partial charge in [-0.25, -0.2) is 8.42 Å². The van der Waals surface area contributed by atoms with E-state index in [4.69, 9.17) is 11.0 Å². The number of aryl methyl sites for hydroxylation is 1. The Balaban J connectivity index is 3.11. The van der Waals surface area contributed by atoms with Gasteiger partial charge in [0.25, 0.3) is 0 Å². The van der Waals surface area contributed by atoms with Crippen molar-refractivity contribution in [2.45, 2.75) is 24.8 Å². The Morgan fingerprint density at radius 3 is 2.56 bits per heavy atom. The second-order valence-electron chi connectivity index (χ2n) is 3.83. The highest BCUT2D eigenvalue weighted by molar-refractivity contribution is 7.89. The van der Waals surface area contributed by atoms with Crippen LogP contribution in [0, 0.1) is 18.3 Å². The van der Waals surface area contributed by atoms with Gasteiger partial charge < -0.3 is 5.73 Å². The van der Waals surface area contributed by atoms with Gasteiger partial charge >= 0.3 is 0 Å². The normalized spacial score (nSPS) is 12.7. The lowest BCUT2D eigenvalue weighted by Gasteiger charge is -2.11. The SMILES string of the molecule is Cc1cc(S(=O)(=O)NC(C)C(N)=O)ccc1C#N. The highest BCUT2D eigenvalue weighted by Gasteiger charge is 2.20. The molecule has 1 unspecified atom stereocenters. The number of nitrogens with zero attached hydrogens (tertiary/aromatic N) is 1. The molecular weight excluding hydrogens is 254 g/mol. The summed E-state index contributed by atoms with van der Waals surface area (Å²) in [5.74, 6) is -0.760. The number of hydrogen-bond acceptors (Lipinski definition) is 4. The van der Waals surface area contributed by atoms with Gasteiger partial charge in [-0.05, 0) is 37.6 Å². The summed E-state index contributed by atoms with van der Waals surface area (Å²) in [4.78, 5) is 10.8. The number of nitriles is 1. The molecule has 0 saturated carbocycles. The van der Waals surface area contributed by atoms with Gasteiger partial charge in [0, 0.05) is 0 Å². The average Bonchev–Trinajstić information content (AvgIpc) is 2.28. The maximum atomic E-state index is 11.9. The van der Waals surface area contributed by atoms with E-state index in [1.807, 2.05) is 6.07 Å². The number of amides is 1. The summed E-state index contributed by atoms with van der Waals surface area (Å²) in [6.07, 6.45) is 0. The Morgan fingerprint density at radius 2 is 2.11 bits per heavy atom. The van der Waals surface area contributed by atoms with Crippen molar-refractivity contribution in [3.05, 3.63) is 29.3 Å². The third-order valence-corrected chi connectivity index (χ3v) is 3.93. The molecule has 1 amide bonds. The van der Waals surface area contributed by atoms with Crippen LogP contribution in [-0.2, 0) is 14.8 Å². The monoisotopic (exact) mass is 267 g/mol. The average molecular weight is 267 g/mol. The van der Waals surface area contributed by atoms with Crippen LogP contribution in [0.5, 0.6) is 0 Å². The molecule has 0 aromatic heterocycles. The van der Waals surface area contributed by atoms with E-state index in [1.54, 1.807) is 6.92 Å². The number of carbonyl (C=O) groups excluding carboxylic acids is 1. The molecule has 7 heteroatoms. The van der Waals surface area contributed by atoms with Crippen LogP contribution in [0.4, 0.5) is 0 Å². The zero-order chi connectivity index (χ0) is 13.9. The minimum Gasteiger partial charge on any atom is -0.368 e. The predicted molar refractivity (Wildman–Crippen MR) is 64.9 cm³/mol. The summed E-state index contributed by atoms with van der Waals surface area (Å²) in [6.45, 7) is 2.99. The molecule has 0 bridgehead atoms. The molecule has 0 aliphatic carbocycles. The minimum absolute atomic E-state index is 0.00731. The Morgan fingerprint density at radius 1 is 1.50 bits per heavy atom. The van der Waals surface area contributed by atoms with Crippen LogP contribution in [0.15, 0.2) is 23.1 Å². The molecule has 18 heavy (non-hydrogen) atoms. The Kier molecular flexibility index (Phi) is 4.06. The summed E-state index contributed by atoms with van der Waals surface area (Å²) >= 11 is 0. The van der Waals surface area contributed by atoms with E-state index >= 15 is 0 Å². The van der Waals surface area contributed by atoms with Crippen LogP contribution in [-0.4, -0.2) is 20.4 Å². The lowest BCUT2D eigenvalue weighted by Crippen LogP contribution is -2.42. The fourth-order valence-corrected chi connectivity index (χ4v) is 2.58. The molecule has 0 fully saturated rings. The number of primary amides is 1. The second kappa shape index (κ2) is 5.16. The maximum absolute atomic E-state index is 11.9. The number of nitrogens with two attached hydrogens (primary N) is 1. The van der Waals surface area contributed by atoms with E-state index in [0.29, 0.717) is 11.1 Å². The molecule has 1 aromatic rings. The smallest absolute Gasteiger partial charge is 0.241 e. The number of rotatable bonds is 4. The van der Waals surface area contributed by atoms with Gasteiger partial charge in [0.15, 0.2) is 0 Å². The molecule has 0 aliphatic rings. The van der Waals surface area contributed by atoms with Crippen molar-refractivity contribution in [1.29, 1.82) is 5.26 Å². The number of benzene rings is 1. The van der Waals surface area contributed by atoms with Crippen molar-refractivity contribution in [3.63, 3.8) is 0 Å². The maximum Gasteiger partial charge on any atom is 0.241 e. The molecule has 6 nitrogen and oxygen atoms in total. The molecule has 96 valence electrons. The van der Waals surface area contributed by atoms with Crippen molar-refractivity contribution in [1.82, 2.24) is 4.72 Å². The standard InChI is InChI=1S/C11H13N3O3S/c1-7-5-10(4-3-9(7)6-12)18(16,17)14-8(2)11(13)15/h3-5,8,14H,1-2H3,(H2,13,15). The van der Waals surface area contributed by atoms with E-state index in [-0.39, 0.29) is 4.90 Å². The number of carbonyl (C=O) groups is 1. The molecule has 1 aromatic carbocycles. The van der Waals surface area contributed by atoms with Crippen molar-refractivity contribution in [3.8, 4) is 6.07 Å². The summed E-state index contributed by atoms with van der Waals surface area (Å²) in [6, 6.07) is 5.04. The first kappa shape index (κ1) is 14.2. The summed E-state index contributed by atoms with van der Waals surface area (Å²) in [5.41, 5.74) is 5.94. The topological polar surface area (TPSA) is 113 Å². The largest absolute Gasteiger partial charge is 0.368 e. The lowest BCUT2D eigenvalue weighted by molar-refractivity contribution is -0.119. The predicted octanol–water partition coefficient (Wildman–Crippen LogP) is 0.0188. The van der Waals surface area contributed by atoms with E-state index < -0.39 is 22.0 Å². The van der Waals surface area contributed by atoms with Crippen LogP contribution in [0.2, 0.25) is 0 Å². The first-order valence-corrected chi connectivity index (χ1v) is 6.58. The first-order valence-electron chi connectivity index (χ1n) is 5.10. The molecule has 0 aliphatic heterocycles. The number of sulfonamides is 1. The molecule has 1 rings (SSSR count). The van der Waals surface area contributed by atoms with Gasteiger partial charge in [0.05, 0.1) is 22.6 Å². The van der Waals surface area contributed by atoms with E-state index in [9.17, 15) is 13.2 Å². The summed E-state index contributed by atoms with van der Waals surface area (Å²) in [5, 5.41) is 8.75. The number of nitrogens with one attached hydrogen (secondary N) is 1. The molecule has 0 heterocycles. The van der Waals surface area contributed by atoms with E-state index in [1.165, 1.54) is 25.1 Å². The summed E-state index contributed by atoms with van der Waals surface area (Å²) < 4.78 is 25.9. The van der Waals surface area contributed by atoms with E-state index in [2.05, 4.69) is 4.72 Å². The van der Waals surface area contributed by atoms with Gasteiger partial charge in [0.2, 0.25) is 15.9 Å². The molecular formula is C11H13N3O3S. The van der Waals surface area contributed by atoms with E-state index in [0.717, 1.165) is 0 Å². The molecule has 3 N–H and O–H groups in total. The third kappa shape index (κ3) is 3.06. The van der Waals surface area contributed by atoms with Gasteiger partial charge in [-0.1, -0.05) is 0 Å². The van der Waals surface area contributed by atoms with Crippen molar-refractivity contribution >= 4 is 15.9 Å². The minimum atomic E-state index is -3.81. The van der Waals surface area contributed by atoms with Gasteiger partial charge in [-0.3, -0.25) is 4.79 Å². The van der Waals surface area contributed by atoms with Crippen molar-refractivity contribution in [2.75, 3.05) is 0 Å². The Hall–Kier alpha value is -1.91. The summed E-state index contributed by atoms with van der Waals surface area (Å²) in [7, 11) is -3.81. The molecule has 0 spiro atoms. The van der Waals surface area contributed by atoms with Gasteiger partial charge in [0.1, 0.15) is 0 Å². The highest BCUT2D eigenvalue weighted by atomic mass is 32.2. The van der Waals surface area contributed by atoms with Crippen molar-refractivity contribution in [2.24, 2.45) is 5.73 Å². The Labute approximate surface area is 105 Å². The quantitative estimate of drug-likeness (QED) is 0.800. The van der Waals surface area contributed by atoms with Crippen LogP contribution >= 0.6 is 0 Å². The molecule has 0 saturated heterocycles. The van der Waals surface area contributed by atoms with Crippen molar-refractivity contribution < 1.29 is 13.2 Å². The van der Waals surface area contributed by atoms with Gasteiger partial charge in [-0.15, -0.1) is 0 Å². The van der Waals surface area contributed by atoms with Gasteiger partial charge in [-0.2, -0.15) is 9.98 Å². The third-order valence-electron chi connectivity index (χ3n) is 2.39. The Bertz CT molecular complexity index is 617.